The van der Waals surface area contributed by atoms with E-state index in [4.69, 9.17) is 14.6 Å². The van der Waals surface area contributed by atoms with Crippen molar-refractivity contribution < 1.29 is 38.7 Å². The van der Waals surface area contributed by atoms with Crippen LogP contribution in [0.25, 0.3) is 10.8 Å². The molecule has 0 bridgehead atoms. The first kappa shape index (κ1) is 47.4. The highest BCUT2D eigenvalue weighted by Crippen LogP contribution is 2.43. The summed E-state index contributed by atoms with van der Waals surface area (Å²) in [6, 6.07) is 52.8. The summed E-state index contributed by atoms with van der Waals surface area (Å²) >= 11 is 2.71. The largest absolute Gasteiger partial charge is 0.504 e. The Kier molecular flexibility index (Phi) is 13.6. The Morgan fingerprint density at radius 2 is 1.33 bits per heavy atom. The fourth-order valence-corrected chi connectivity index (χ4v) is 11.2. The highest BCUT2D eigenvalue weighted by Gasteiger charge is 2.55. The maximum Gasteiger partial charge on any atom is 0.356 e. The van der Waals surface area contributed by atoms with Crippen LogP contribution >= 0.6 is 23.1 Å². The number of thioether (sulfide) groups is 1. The van der Waals surface area contributed by atoms with Crippen LogP contribution in [0.3, 0.4) is 0 Å². The highest BCUT2D eigenvalue weighted by molar-refractivity contribution is 8.00. The minimum atomic E-state index is -1.04. The molecule has 0 spiro atoms. The van der Waals surface area contributed by atoms with Gasteiger partial charge in [-0.3, -0.25) is 14.5 Å². The van der Waals surface area contributed by atoms with Crippen molar-refractivity contribution in [3.8, 4) is 11.5 Å². The molecule has 6 aromatic carbocycles. The number of β-lactam (4-membered cyclic amide) rings is 1. The zero-order chi connectivity index (χ0) is 49.8. The number of anilines is 1. The van der Waals surface area contributed by atoms with Crippen LogP contribution in [-0.2, 0) is 36.0 Å². The molecule has 8 aromatic rings. The Bertz CT molecular complexity index is 3190. The number of amides is 2. The zero-order valence-corrected chi connectivity index (χ0v) is 40.8. The number of carbonyl (C=O) groups is 3. The second kappa shape index (κ2) is 20.6. The Balaban J connectivity index is 0.959. The lowest BCUT2D eigenvalue weighted by atomic mass is 9.77. The first-order chi connectivity index (χ1) is 35.1. The number of oxime groups is 1. The molecule has 4 N–H and O–H groups in total. The molecular formula is C57H49N6O7S2+. The lowest BCUT2D eigenvalue weighted by Gasteiger charge is -2.49. The van der Waals surface area contributed by atoms with Gasteiger partial charge in [0.25, 0.3) is 11.8 Å². The van der Waals surface area contributed by atoms with Crippen LogP contribution in [0.1, 0.15) is 53.5 Å². The first-order valence-corrected chi connectivity index (χ1v) is 25.3. The summed E-state index contributed by atoms with van der Waals surface area (Å²) in [6.45, 7) is 3.78. The highest BCUT2D eigenvalue weighted by atomic mass is 32.2. The minimum absolute atomic E-state index is 0.0817. The number of phenolic OH excluding ortho intramolecular Hbond substituents is 2. The van der Waals surface area contributed by atoms with Crippen LogP contribution in [0.2, 0.25) is 0 Å². The molecule has 2 aliphatic rings. The molecule has 10 rings (SSSR count). The normalized spacial score (nSPS) is 15.8. The zero-order valence-electron chi connectivity index (χ0n) is 39.2. The number of phenols is 2. The fourth-order valence-electron chi connectivity index (χ4n) is 9.08. The van der Waals surface area contributed by atoms with E-state index in [1.165, 1.54) is 40.1 Å². The average molecular weight is 994 g/mol. The van der Waals surface area contributed by atoms with Crippen LogP contribution < -0.4 is 15.2 Å². The maximum absolute atomic E-state index is 14.8. The van der Waals surface area contributed by atoms with E-state index in [9.17, 15) is 24.6 Å². The maximum atomic E-state index is 14.8. The minimum Gasteiger partial charge on any atom is -0.504 e. The van der Waals surface area contributed by atoms with E-state index in [1.54, 1.807) is 37.7 Å². The Labute approximate surface area is 424 Å². The van der Waals surface area contributed by atoms with Gasteiger partial charge >= 0.3 is 5.97 Å². The van der Waals surface area contributed by atoms with Crippen molar-refractivity contribution in [2.75, 3.05) is 11.1 Å². The van der Waals surface area contributed by atoms with Gasteiger partial charge in [-0.25, -0.2) is 14.3 Å². The lowest BCUT2D eigenvalue weighted by molar-refractivity contribution is -0.687. The molecule has 1 saturated heterocycles. The van der Waals surface area contributed by atoms with Crippen LogP contribution in [0.5, 0.6) is 11.5 Å². The van der Waals surface area contributed by atoms with Gasteiger partial charge in [0.2, 0.25) is 0 Å². The van der Waals surface area contributed by atoms with Crippen molar-refractivity contribution in [3.05, 3.63) is 232 Å². The number of hydrogen-bond acceptors (Lipinski definition) is 12. The number of rotatable bonds is 16. The van der Waals surface area contributed by atoms with Crippen LogP contribution in [-0.4, -0.2) is 66.9 Å². The number of esters is 1. The number of hydrogen-bond donors (Lipinski definition) is 4. The van der Waals surface area contributed by atoms with E-state index in [2.05, 4.69) is 52.2 Å². The number of pyridine rings is 1. The molecule has 2 amide bonds. The van der Waals surface area contributed by atoms with Gasteiger partial charge in [-0.05, 0) is 59.2 Å². The summed E-state index contributed by atoms with van der Waals surface area (Å²) in [7, 11) is 0. The van der Waals surface area contributed by atoms with E-state index < -0.39 is 40.8 Å². The molecular weight excluding hydrogens is 945 g/mol. The lowest BCUT2D eigenvalue weighted by Crippen LogP contribution is -2.71. The number of carbonyl (C=O) groups excluding carboxylic acids is 3. The van der Waals surface area contributed by atoms with E-state index in [1.807, 2.05) is 120 Å². The summed E-state index contributed by atoms with van der Waals surface area (Å²) in [4.78, 5) is 56.1. The number of ether oxygens (including phenoxy) is 1. The average Bonchev–Trinajstić information content (AvgIpc) is 3.88. The number of fused-ring (bicyclic) bond motifs is 2. The Morgan fingerprint density at radius 1 is 0.792 bits per heavy atom. The van der Waals surface area contributed by atoms with Crippen molar-refractivity contribution in [1.82, 2.24) is 15.2 Å². The molecule has 1 unspecified atom stereocenters. The summed E-state index contributed by atoms with van der Waals surface area (Å²) in [6.07, 6.45) is 2.41. The molecule has 0 saturated carbocycles. The van der Waals surface area contributed by atoms with Gasteiger partial charge < -0.3 is 30.4 Å². The van der Waals surface area contributed by atoms with Gasteiger partial charge in [0, 0.05) is 28.2 Å². The molecule has 4 heterocycles. The summed E-state index contributed by atoms with van der Waals surface area (Å²) in [5.41, 5.74) is 4.32. The van der Waals surface area contributed by atoms with E-state index in [0.29, 0.717) is 27.2 Å². The third-order valence-corrected chi connectivity index (χ3v) is 14.6. The molecule has 360 valence electrons. The molecule has 13 nitrogen and oxygen atoms in total. The molecule has 0 radical (unpaired) electrons. The smallest absolute Gasteiger partial charge is 0.356 e. The van der Waals surface area contributed by atoms with Crippen molar-refractivity contribution in [2.24, 2.45) is 5.16 Å². The molecule has 1 fully saturated rings. The SMILES string of the molecule is CC(C)ON=C(C(=O)NC1C(=O)N2C(C(=O)OC(c3ccccc3)c3ccccc3)=C(C[n+]3ccc4cc(O)c(O)cc4c3)CS[C@H]12)c1csc(NC(c2ccccc2)(c2ccccc2)c2ccccc2)n1. The summed E-state index contributed by atoms with van der Waals surface area (Å²) < 4.78 is 8.26. The molecule has 15 heteroatoms. The van der Waals surface area contributed by atoms with Gasteiger partial charge in [0.15, 0.2) is 47.4 Å². The molecule has 2 aromatic heterocycles. The van der Waals surface area contributed by atoms with E-state index in [-0.39, 0.29) is 41.3 Å². The number of aromatic nitrogens is 2. The summed E-state index contributed by atoms with van der Waals surface area (Å²) in [5.74, 6) is -2.09. The topological polar surface area (TPSA) is 167 Å². The quantitative estimate of drug-likeness (QED) is 0.0139. The molecule has 2 aliphatic heterocycles. The van der Waals surface area contributed by atoms with Gasteiger partial charge in [-0.1, -0.05) is 157 Å². The van der Waals surface area contributed by atoms with Crippen molar-refractivity contribution in [3.63, 3.8) is 0 Å². The number of nitrogens with zero attached hydrogens (tertiary/aromatic N) is 4. The van der Waals surface area contributed by atoms with Crippen molar-refractivity contribution in [2.45, 2.75) is 49.6 Å². The first-order valence-electron chi connectivity index (χ1n) is 23.3. The van der Waals surface area contributed by atoms with Crippen molar-refractivity contribution in [1.29, 1.82) is 0 Å². The predicted octanol–water partition coefficient (Wildman–Crippen LogP) is 9.22. The molecule has 0 aliphatic carbocycles. The van der Waals surface area contributed by atoms with Gasteiger partial charge in [0.1, 0.15) is 34.4 Å². The van der Waals surface area contributed by atoms with Gasteiger partial charge in [0.05, 0.1) is 0 Å². The second-order valence-electron chi connectivity index (χ2n) is 17.6. The number of aromatic hydroxyl groups is 2. The van der Waals surface area contributed by atoms with Crippen LogP contribution in [0.15, 0.2) is 204 Å². The van der Waals surface area contributed by atoms with Crippen LogP contribution in [0, 0.1) is 0 Å². The molecule has 72 heavy (non-hydrogen) atoms. The van der Waals surface area contributed by atoms with Gasteiger partial charge in [-0.15, -0.1) is 23.1 Å². The predicted molar refractivity (Wildman–Crippen MR) is 278 cm³/mol. The van der Waals surface area contributed by atoms with E-state index in [0.717, 1.165) is 27.8 Å². The number of thiazole rings is 1. The molecule has 2 atom stereocenters. The standard InChI is InChI=1S/C57H48N6O7S2/c1-36(2)70-61-48(45-35-72-56(58-45)60-57(42-22-12-5-13-23-42,43-24-14-6-15-25-43)44-26-16-7-17-27-44)52(66)59-49-53(67)63-50(55(68)69-51(37-18-8-3-9-19-37)38-20-10-4-11-21-38)41(34-71-54(49)63)33-62-29-28-39-30-46(64)47(65)31-40(39)32-62/h3-32,35-36,49,51,54H,33-34H2,1-2H3,(H3,58,59,60,65,66)/p+1/t49?,54-/m1/s1. The van der Waals surface area contributed by atoms with Crippen LogP contribution in [0.4, 0.5) is 5.13 Å². The van der Waals surface area contributed by atoms with Crippen molar-refractivity contribution >= 4 is 62.5 Å². The number of nitrogens with one attached hydrogen (secondary N) is 2. The third-order valence-electron chi connectivity index (χ3n) is 12.5. The van der Waals surface area contributed by atoms with Gasteiger partial charge in [-0.2, -0.15) is 0 Å². The Hall–Kier alpha value is -8.27. The number of benzene rings is 6. The third kappa shape index (κ3) is 9.51. The monoisotopic (exact) mass is 993 g/mol. The Morgan fingerprint density at radius 3 is 1.89 bits per heavy atom. The second-order valence-corrected chi connectivity index (χ2v) is 19.6. The van der Waals surface area contributed by atoms with E-state index >= 15 is 0 Å². The summed E-state index contributed by atoms with van der Waals surface area (Å²) in [5, 5.41) is 34.3. The fraction of sp³-hybridized carbons (Fsp3) is 0.158.